The van der Waals surface area contributed by atoms with Crippen LogP contribution in [0.2, 0.25) is 5.02 Å². The molecular formula is C53H66ClN7O11. The van der Waals surface area contributed by atoms with E-state index in [-0.39, 0.29) is 87.3 Å². The molecule has 1 aromatic heterocycles. The topological polar surface area (TPSA) is 245 Å². The number of phenolic OH excluding ortho intramolecular Hbond substituents is 2. The first kappa shape index (κ1) is 52.2. The number of pyridine rings is 1. The van der Waals surface area contributed by atoms with Crippen LogP contribution in [0.25, 0.3) is 10.8 Å². The summed E-state index contributed by atoms with van der Waals surface area (Å²) >= 11 is 6.27. The molecule has 5 atom stereocenters. The molecular weight excluding hydrogens is 946 g/mol. The number of benzene rings is 2. The standard InChI is InChI=1S/C53H66ClN7O11/c1-29(2)28-60-21-16-53(17-22-60)58-44-41-42-47(66)32(5)49-43(41)50(68)52(6,72-49)70-23-8-7-12-35(71-40(65)26-39(64)61-19-14-33(15-20-61)56-37-13-18-55-27-36(37)54)24-34(62)25-38(63)30(3)10-9-11-31(4)51(69)57-46(48(42)67)45(44)59-53/h8-11,13,18,23,27,29-30,33-35,38,58,62-63,66-67H,7,12,14-17,19-22,24-26,28H2,1-6H3,(H,55,56)/b10-9+,23-8+,31-11-,57-46?/t30?,34?,35-,38-,52+/m1/s1. The van der Waals surface area contributed by atoms with Gasteiger partial charge in [-0.15, -0.1) is 0 Å². The Labute approximate surface area is 423 Å². The number of aliphatic hydroxyl groups excluding tert-OH is 2. The number of hydrogen-bond donors (Lipinski definition) is 6. The monoisotopic (exact) mass is 1010 g/mol. The summed E-state index contributed by atoms with van der Waals surface area (Å²) in [6, 6.07) is 1.86. The van der Waals surface area contributed by atoms with Crippen molar-refractivity contribution in [3.8, 4) is 17.2 Å². The van der Waals surface area contributed by atoms with Crippen molar-refractivity contribution in [2.24, 2.45) is 21.8 Å². The molecule has 2 unspecified atom stereocenters. The van der Waals surface area contributed by atoms with Crippen molar-refractivity contribution in [1.82, 2.24) is 14.8 Å². The molecule has 1 spiro atoms. The zero-order valence-corrected chi connectivity index (χ0v) is 42.5. The number of aromatic hydroxyl groups is 2. The van der Waals surface area contributed by atoms with E-state index in [0.29, 0.717) is 68.5 Å². The first-order chi connectivity index (χ1) is 34.3. The first-order valence-corrected chi connectivity index (χ1v) is 25.3. The maximum Gasteiger partial charge on any atom is 0.315 e. The second-order valence-electron chi connectivity index (χ2n) is 20.4. The number of ketones is 1. The molecule has 3 aromatic rings. The quantitative estimate of drug-likeness (QED) is 0.0916. The molecule has 7 heterocycles. The van der Waals surface area contributed by atoms with Crippen LogP contribution < -0.4 is 26.1 Å². The van der Waals surface area contributed by atoms with Gasteiger partial charge >= 0.3 is 11.8 Å². The number of hydrogen-bond acceptors (Lipinski definition) is 16. The molecule has 0 radical (unpaired) electrons. The van der Waals surface area contributed by atoms with Crippen LogP contribution in [-0.4, -0.2) is 127 Å². The van der Waals surface area contributed by atoms with Gasteiger partial charge in [0.15, 0.2) is 5.75 Å². The van der Waals surface area contributed by atoms with Crippen LogP contribution in [0.15, 0.2) is 64.6 Å². The van der Waals surface area contributed by atoms with Gasteiger partial charge < -0.3 is 55.1 Å². The summed E-state index contributed by atoms with van der Waals surface area (Å²) in [6.07, 6.45) is 10.1. The third-order valence-corrected chi connectivity index (χ3v) is 14.6. The number of anilines is 2. The van der Waals surface area contributed by atoms with E-state index in [9.17, 15) is 39.6 Å². The lowest BCUT2D eigenvalue weighted by Crippen LogP contribution is -2.47. The van der Waals surface area contributed by atoms with Gasteiger partial charge in [0.05, 0.1) is 45.8 Å². The molecule has 0 saturated carbocycles. The highest BCUT2D eigenvalue weighted by Gasteiger charge is 2.50. The number of aromatic nitrogens is 1. The van der Waals surface area contributed by atoms with Crippen LogP contribution in [0.1, 0.15) is 108 Å². The fraction of sp³-hybridized carbons (Fsp3) is 0.528. The van der Waals surface area contributed by atoms with Crippen molar-refractivity contribution in [1.29, 1.82) is 0 Å². The minimum atomic E-state index is -1.93. The Morgan fingerprint density at radius 2 is 1.76 bits per heavy atom. The SMILES string of the molecule is C/C1=C/C=C/C(C)[C@H](O)CC(O)C[C@H](OC(=O)CC(=O)N2CCC(Nc3ccncc3Cl)CC2)CC/C=C/O[C@@]2(C)Oc3c(C)c(O)c4c(O)c(c5c(c4c3C2=O)NC2(CCN(CC(C)C)CC2)N=5)=NC1=O. The van der Waals surface area contributed by atoms with Crippen molar-refractivity contribution in [2.45, 2.75) is 135 Å². The number of likely N-dealkylation sites (tertiary alicyclic amines) is 2. The number of allylic oxidation sites excluding steroid dienone is 3. The molecule has 6 N–H and O–H groups in total. The number of piperidine rings is 2. The van der Waals surface area contributed by atoms with Gasteiger partial charge in [-0.3, -0.25) is 29.2 Å². The summed E-state index contributed by atoms with van der Waals surface area (Å²) in [7, 11) is 0. The Kier molecular flexibility index (Phi) is 15.6. The minimum absolute atomic E-state index is 0.0490. The zero-order chi connectivity index (χ0) is 51.6. The second-order valence-corrected chi connectivity index (χ2v) is 20.8. The summed E-state index contributed by atoms with van der Waals surface area (Å²) in [5.74, 6) is -5.26. The Hall–Kier alpha value is -6.08. The molecule has 0 aliphatic carbocycles. The summed E-state index contributed by atoms with van der Waals surface area (Å²) in [5.41, 5.74) is 0.609. The lowest BCUT2D eigenvalue weighted by atomic mass is 9.92. The molecule has 386 valence electrons. The van der Waals surface area contributed by atoms with Crippen molar-refractivity contribution < 1.29 is 53.8 Å². The van der Waals surface area contributed by atoms with Crippen molar-refractivity contribution in [3.63, 3.8) is 0 Å². The molecule has 19 heteroatoms. The number of esters is 1. The van der Waals surface area contributed by atoms with E-state index in [0.717, 1.165) is 12.2 Å². The third kappa shape index (κ3) is 11.1. The molecule has 2 saturated heterocycles. The number of halogens is 1. The molecule has 2 fully saturated rings. The van der Waals surface area contributed by atoms with E-state index in [1.54, 1.807) is 62.4 Å². The van der Waals surface area contributed by atoms with Gasteiger partial charge in [-0.25, -0.2) is 4.99 Å². The minimum Gasteiger partial charge on any atom is -0.507 e. The van der Waals surface area contributed by atoms with Crippen LogP contribution in [-0.2, 0) is 23.9 Å². The first-order valence-electron chi connectivity index (χ1n) is 24.9. The van der Waals surface area contributed by atoms with Gasteiger partial charge in [-0.2, -0.15) is 0 Å². The largest absolute Gasteiger partial charge is 0.507 e. The number of Topliss-reactive ketones (excluding diaryl/α,β-unsaturated/α-hetero) is 1. The number of phenols is 2. The van der Waals surface area contributed by atoms with Crippen LogP contribution >= 0.6 is 11.6 Å². The average Bonchev–Trinajstić information content (AvgIpc) is 3.83. The molecule has 6 aliphatic rings. The predicted octanol–water partition coefficient (Wildman–Crippen LogP) is 5.91. The summed E-state index contributed by atoms with van der Waals surface area (Å²) in [5, 5.41) is 53.9. The molecule has 72 heavy (non-hydrogen) atoms. The number of ether oxygens (including phenoxy) is 3. The van der Waals surface area contributed by atoms with Crippen LogP contribution in [0, 0.1) is 18.8 Å². The average molecular weight is 1010 g/mol. The third-order valence-electron chi connectivity index (χ3n) is 14.3. The summed E-state index contributed by atoms with van der Waals surface area (Å²) in [4.78, 5) is 72.9. The number of nitrogens with one attached hydrogen (secondary N) is 2. The smallest absolute Gasteiger partial charge is 0.315 e. The highest BCUT2D eigenvalue weighted by molar-refractivity contribution is 6.33. The second kappa shape index (κ2) is 21.6. The van der Waals surface area contributed by atoms with Crippen LogP contribution in [0.5, 0.6) is 17.2 Å². The fourth-order valence-corrected chi connectivity index (χ4v) is 10.4. The van der Waals surface area contributed by atoms with Crippen molar-refractivity contribution in [3.05, 3.63) is 81.5 Å². The maximum atomic E-state index is 14.7. The Morgan fingerprint density at radius 1 is 1.03 bits per heavy atom. The van der Waals surface area contributed by atoms with Crippen LogP contribution in [0.4, 0.5) is 11.4 Å². The van der Waals surface area contributed by atoms with Gasteiger partial charge in [-0.05, 0) is 64.0 Å². The van der Waals surface area contributed by atoms with Gasteiger partial charge in [0.1, 0.15) is 40.4 Å². The number of carbonyl (C=O) groups is 4. The van der Waals surface area contributed by atoms with E-state index in [1.165, 1.54) is 19.3 Å². The Balaban J connectivity index is 1.06. The summed E-state index contributed by atoms with van der Waals surface area (Å²) < 4.78 is 18.2. The van der Waals surface area contributed by atoms with Gasteiger partial charge in [-0.1, -0.05) is 50.6 Å². The highest BCUT2D eigenvalue weighted by Crippen LogP contribution is 2.51. The maximum absolute atomic E-state index is 14.7. The number of nitrogens with zero attached hydrogens (tertiary/aromatic N) is 5. The summed E-state index contributed by atoms with van der Waals surface area (Å²) in [6.45, 7) is 13.8. The number of rotatable bonds is 7. The lowest BCUT2D eigenvalue weighted by molar-refractivity contribution is -0.155. The number of carbonyl (C=O) groups excluding carboxylic acids is 4. The van der Waals surface area contributed by atoms with E-state index in [1.807, 2.05) is 0 Å². The molecule has 2 aromatic carbocycles. The van der Waals surface area contributed by atoms with Gasteiger partial charge in [0.2, 0.25) is 5.91 Å². The molecule has 18 nitrogen and oxygen atoms in total. The van der Waals surface area contributed by atoms with E-state index >= 15 is 0 Å². The number of amides is 2. The number of fused-ring (bicyclic) bond motifs is 13. The van der Waals surface area contributed by atoms with E-state index in [2.05, 4.69) is 39.4 Å². The normalized spacial score (nSPS) is 26.8. The lowest BCUT2D eigenvalue weighted by Gasteiger charge is -2.38. The molecule has 2 amide bonds. The predicted molar refractivity (Wildman–Crippen MR) is 269 cm³/mol. The van der Waals surface area contributed by atoms with E-state index < -0.39 is 65.5 Å². The molecule has 5 bridgehead atoms. The van der Waals surface area contributed by atoms with E-state index in [4.69, 9.17) is 30.8 Å². The van der Waals surface area contributed by atoms with Crippen LogP contribution in [0.3, 0.4) is 0 Å². The highest BCUT2D eigenvalue weighted by atomic mass is 35.5. The Bertz CT molecular complexity index is 2840. The zero-order valence-electron chi connectivity index (χ0n) is 41.7. The van der Waals surface area contributed by atoms with Gasteiger partial charge in [0.25, 0.3) is 11.7 Å². The fourth-order valence-electron chi connectivity index (χ4n) is 10.2. The number of aliphatic hydroxyl groups is 2. The van der Waals surface area contributed by atoms with Crippen molar-refractivity contribution in [2.75, 3.05) is 43.4 Å². The Morgan fingerprint density at radius 3 is 2.47 bits per heavy atom. The van der Waals surface area contributed by atoms with Gasteiger partial charge in [0, 0.05) is 99.8 Å². The van der Waals surface area contributed by atoms with Crippen molar-refractivity contribution >= 4 is 57.3 Å². The molecule has 6 aliphatic heterocycles. The molecule has 9 rings (SSSR count).